The molecule has 0 radical (unpaired) electrons. The minimum Gasteiger partial charge on any atom is -0.390 e. The Morgan fingerprint density at radius 3 is 2.63 bits per heavy atom. The predicted octanol–water partition coefficient (Wildman–Crippen LogP) is 2.20. The first-order chi connectivity index (χ1) is 9.36. The number of hydrogen-bond acceptors (Lipinski definition) is 4. The Kier molecular flexibility index (Phi) is 3.25. The minimum absolute atomic E-state index is 0.0135. The van der Waals surface area contributed by atoms with Gasteiger partial charge in [0.2, 0.25) is 0 Å². The summed E-state index contributed by atoms with van der Waals surface area (Å²) in [5.41, 5.74) is 9.94. The summed E-state index contributed by atoms with van der Waals surface area (Å²) in [6.45, 7) is 0.497. The van der Waals surface area contributed by atoms with Crippen molar-refractivity contribution in [2.75, 3.05) is 6.54 Å². The second-order valence-electron chi connectivity index (χ2n) is 4.52. The summed E-state index contributed by atoms with van der Waals surface area (Å²) in [4.78, 5) is 9.30. The molecule has 3 rings (SSSR count). The second-order valence-corrected chi connectivity index (χ2v) is 4.52. The van der Waals surface area contributed by atoms with Crippen LogP contribution in [0.2, 0.25) is 0 Å². The first-order valence-electron chi connectivity index (χ1n) is 6.30. The standard InChI is InChI=1S/C15H15N3O/c16-10-14-9-15(18-19-14)13-3-1-2-12(8-13)11-4-6-17-7-5-11/h1-8,14H,9-10,16H2. The van der Waals surface area contributed by atoms with E-state index in [0.29, 0.717) is 6.54 Å². The van der Waals surface area contributed by atoms with Crippen molar-refractivity contribution in [1.82, 2.24) is 4.98 Å². The lowest BCUT2D eigenvalue weighted by molar-refractivity contribution is 0.0918. The van der Waals surface area contributed by atoms with Crippen LogP contribution >= 0.6 is 0 Å². The van der Waals surface area contributed by atoms with E-state index in [2.05, 4.69) is 22.3 Å². The molecule has 1 aliphatic rings. The summed E-state index contributed by atoms with van der Waals surface area (Å²) >= 11 is 0. The van der Waals surface area contributed by atoms with Crippen LogP contribution in [-0.4, -0.2) is 23.3 Å². The second kappa shape index (κ2) is 5.20. The molecule has 4 nitrogen and oxygen atoms in total. The number of aromatic nitrogens is 1. The third-order valence-corrected chi connectivity index (χ3v) is 3.21. The van der Waals surface area contributed by atoms with Gasteiger partial charge in [0.15, 0.2) is 0 Å². The van der Waals surface area contributed by atoms with Gasteiger partial charge in [-0.05, 0) is 29.3 Å². The zero-order chi connectivity index (χ0) is 13.1. The van der Waals surface area contributed by atoms with Crippen molar-refractivity contribution in [3.8, 4) is 11.1 Å². The smallest absolute Gasteiger partial charge is 0.145 e. The minimum atomic E-state index is 0.0135. The Hall–Kier alpha value is -2.20. The molecule has 4 heteroatoms. The maximum absolute atomic E-state index is 5.59. The maximum Gasteiger partial charge on any atom is 0.145 e. The van der Waals surface area contributed by atoms with Crippen LogP contribution in [0, 0.1) is 0 Å². The van der Waals surface area contributed by atoms with E-state index in [4.69, 9.17) is 10.6 Å². The van der Waals surface area contributed by atoms with Crippen molar-refractivity contribution in [2.24, 2.45) is 10.9 Å². The van der Waals surface area contributed by atoms with Gasteiger partial charge in [0.05, 0.1) is 5.71 Å². The van der Waals surface area contributed by atoms with E-state index in [0.717, 1.165) is 28.8 Å². The van der Waals surface area contributed by atoms with Gasteiger partial charge in [0.25, 0.3) is 0 Å². The fourth-order valence-electron chi connectivity index (χ4n) is 2.15. The zero-order valence-corrected chi connectivity index (χ0v) is 10.5. The van der Waals surface area contributed by atoms with Gasteiger partial charge in [-0.15, -0.1) is 0 Å². The average Bonchev–Trinajstić information content (AvgIpc) is 2.97. The molecule has 19 heavy (non-hydrogen) atoms. The predicted molar refractivity (Wildman–Crippen MR) is 74.8 cm³/mol. The molecule has 2 aromatic rings. The molecule has 2 N–H and O–H groups in total. The lowest BCUT2D eigenvalue weighted by Crippen LogP contribution is -2.20. The van der Waals surface area contributed by atoms with Crippen LogP contribution in [0.4, 0.5) is 0 Å². The Balaban J connectivity index is 1.89. The zero-order valence-electron chi connectivity index (χ0n) is 10.5. The monoisotopic (exact) mass is 253 g/mol. The van der Waals surface area contributed by atoms with Gasteiger partial charge in [-0.2, -0.15) is 0 Å². The molecule has 1 unspecified atom stereocenters. The lowest BCUT2D eigenvalue weighted by atomic mass is 9.99. The van der Waals surface area contributed by atoms with Crippen LogP contribution in [-0.2, 0) is 4.84 Å². The molecule has 0 fully saturated rings. The molecular weight excluding hydrogens is 238 g/mol. The van der Waals surface area contributed by atoms with Gasteiger partial charge >= 0.3 is 0 Å². The van der Waals surface area contributed by atoms with Crippen LogP contribution in [0.25, 0.3) is 11.1 Å². The van der Waals surface area contributed by atoms with E-state index in [-0.39, 0.29) is 6.10 Å². The van der Waals surface area contributed by atoms with E-state index in [1.165, 1.54) is 0 Å². The summed E-state index contributed by atoms with van der Waals surface area (Å²) < 4.78 is 0. The number of rotatable bonds is 3. The number of hydrogen-bond donors (Lipinski definition) is 1. The van der Waals surface area contributed by atoms with Crippen LogP contribution < -0.4 is 5.73 Å². The SMILES string of the molecule is NCC1CC(c2cccc(-c3ccncc3)c2)=NO1. The number of oxime groups is 1. The van der Waals surface area contributed by atoms with Crippen molar-refractivity contribution in [3.63, 3.8) is 0 Å². The van der Waals surface area contributed by atoms with Gasteiger partial charge < -0.3 is 10.6 Å². The van der Waals surface area contributed by atoms with Crippen LogP contribution in [0.1, 0.15) is 12.0 Å². The third-order valence-electron chi connectivity index (χ3n) is 3.21. The Morgan fingerprint density at radius 2 is 1.89 bits per heavy atom. The normalized spacial score (nSPS) is 17.9. The highest BCUT2D eigenvalue weighted by Gasteiger charge is 2.20. The summed E-state index contributed by atoms with van der Waals surface area (Å²) in [5.74, 6) is 0. The van der Waals surface area contributed by atoms with Gasteiger partial charge in [0, 0.05) is 30.9 Å². The molecule has 96 valence electrons. The Labute approximate surface area is 111 Å². The number of nitrogens with zero attached hydrogens (tertiary/aromatic N) is 2. The third kappa shape index (κ3) is 2.48. The molecule has 1 aromatic heterocycles. The number of benzene rings is 1. The van der Waals surface area contributed by atoms with Gasteiger partial charge in [-0.3, -0.25) is 4.98 Å². The quantitative estimate of drug-likeness (QED) is 0.912. The van der Waals surface area contributed by atoms with Crippen molar-refractivity contribution in [3.05, 3.63) is 54.4 Å². The molecular formula is C15H15N3O. The fraction of sp³-hybridized carbons (Fsp3) is 0.200. The molecule has 0 bridgehead atoms. The maximum atomic E-state index is 5.59. The van der Waals surface area contributed by atoms with Crippen molar-refractivity contribution in [2.45, 2.75) is 12.5 Å². The molecule has 0 amide bonds. The van der Waals surface area contributed by atoms with Crippen molar-refractivity contribution >= 4 is 5.71 Å². The summed E-state index contributed by atoms with van der Waals surface area (Å²) in [5, 5.41) is 4.12. The Bertz CT molecular complexity index is 595. The molecule has 1 aliphatic heterocycles. The molecule has 2 heterocycles. The van der Waals surface area contributed by atoms with Gasteiger partial charge in [0.1, 0.15) is 6.10 Å². The number of nitrogens with two attached hydrogens (primary N) is 1. The summed E-state index contributed by atoms with van der Waals surface area (Å²) in [6, 6.07) is 12.3. The molecule has 0 aliphatic carbocycles. The average molecular weight is 253 g/mol. The highest BCUT2D eigenvalue weighted by Crippen LogP contribution is 2.22. The van der Waals surface area contributed by atoms with E-state index < -0.39 is 0 Å². The molecule has 0 saturated carbocycles. The molecule has 0 saturated heterocycles. The first-order valence-corrected chi connectivity index (χ1v) is 6.30. The topological polar surface area (TPSA) is 60.5 Å². The lowest BCUT2D eigenvalue weighted by Gasteiger charge is -2.05. The highest BCUT2D eigenvalue weighted by atomic mass is 16.6. The van der Waals surface area contributed by atoms with Crippen molar-refractivity contribution < 1.29 is 4.84 Å². The van der Waals surface area contributed by atoms with Crippen molar-refractivity contribution in [1.29, 1.82) is 0 Å². The van der Waals surface area contributed by atoms with Gasteiger partial charge in [-0.1, -0.05) is 23.4 Å². The van der Waals surface area contributed by atoms with E-state index >= 15 is 0 Å². The van der Waals surface area contributed by atoms with E-state index in [1.807, 2.05) is 24.3 Å². The first kappa shape index (κ1) is 11.9. The Morgan fingerprint density at radius 1 is 1.11 bits per heavy atom. The van der Waals surface area contributed by atoms with Crippen LogP contribution in [0.3, 0.4) is 0 Å². The van der Waals surface area contributed by atoms with E-state index in [9.17, 15) is 0 Å². The van der Waals surface area contributed by atoms with Gasteiger partial charge in [-0.25, -0.2) is 0 Å². The fourth-order valence-corrected chi connectivity index (χ4v) is 2.15. The number of pyridine rings is 1. The summed E-state index contributed by atoms with van der Waals surface area (Å²) in [7, 11) is 0. The van der Waals surface area contributed by atoms with E-state index in [1.54, 1.807) is 12.4 Å². The largest absolute Gasteiger partial charge is 0.390 e. The van der Waals surface area contributed by atoms with Crippen LogP contribution in [0.5, 0.6) is 0 Å². The highest BCUT2D eigenvalue weighted by molar-refractivity contribution is 6.02. The molecule has 1 aromatic carbocycles. The molecule has 1 atom stereocenters. The summed E-state index contributed by atoms with van der Waals surface area (Å²) in [6.07, 6.45) is 4.38. The molecule has 0 spiro atoms. The van der Waals surface area contributed by atoms with Crippen LogP contribution in [0.15, 0.2) is 53.9 Å².